The molecule has 144 valence electrons. The topological polar surface area (TPSA) is 87.7 Å². The Morgan fingerprint density at radius 3 is 2.34 bits per heavy atom. The van der Waals surface area contributed by atoms with Crippen LogP contribution in [0.25, 0.3) is 33.4 Å². The third-order valence-corrected chi connectivity index (χ3v) is 4.27. The Hall–Kier alpha value is -4.12. The number of aromatic carboxylic acids is 1. The summed E-state index contributed by atoms with van der Waals surface area (Å²) in [6.07, 6.45) is 3.28. The number of hydrogen-bond donors (Lipinski definition) is 2. The number of carbonyl (C=O) groups is 1. The standard InChI is InChI=1S/C20H12O5.C4H6/c21-11-5-7-15-17(9-11)25-18-10-12(22)6-8-16(18)19(15)13-3-1-2-4-14(13)20(23)24;1-3-4-2/h1-10,21H,(H,23,24);3-4H,1-2H2. The lowest BCUT2D eigenvalue weighted by Crippen LogP contribution is -2.03. The second kappa shape index (κ2) is 8.27. The summed E-state index contributed by atoms with van der Waals surface area (Å²) in [5, 5.41) is 19.9. The first kappa shape index (κ1) is 19.6. The fourth-order valence-electron chi connectivity index (χ4n) is 3.04. The van der Waals surface area contributed by atoms with Gasteiger partial charge in [0.15, 0.2) is 5.43 Å². The molecule has 5 heteroatoms. The predicted octanol–water partition coefficient (Wildman–Crippen LogP) is 5.33. The van der Waals surface area contributed by atoms with E-state index in [1.165, 1.54) is 30.3 Å². The number of rotatable bonds is 3. The van der Waals surface area contributed by atoms with Gasteiger partial charge >= 0.3 is 5.97 Å². The van der Waals surface area contributed by atoms with E-state index in [9.17, 15) is 19.8 Å². The van der Waals surface area contributed by atoms with Gasteiger partial charge in [-0.2, -0.15) is 0 Å². The molecule has 0 amide bonds. The Labute approximate surface area is 166 Å². The average Bonchev–Trinajstić information content (AvgIpc) is 2.72. The molecule has 0 unspecified atom stereocenters. The van der Waals surface area contributed by atoms with Gasteiger partial charge in [-0.1, -0.05) is 43.5 Å². The van der Waals surface area contributed by atoms with E-state index < -0.39 is 5.97 Å². The van der Waals surface area contributed by atoms with Crippen molar-refractivity contribution in [1.82, 2.24) is 0 Å². The lowest BCUT2D eigenvalue weighted by Gasteiger charge is -2.16. The molecular formula is C24H18O5. The van der Waals surface area contributed by atoms with Gasteiger partial charge in [0.25, 0.3) is 0 Å². The van der Waals surface area contributed by atoms with Crippen LogP contribution < -0.4 is 5.43 Å². The van der Waals surface area contributed by atoms with Gasteiger partial charge in [0, 0.05) is 28.6 Å². The summed E-state index contributed by atoms with van der Waals surface area (Å²) in [5.74, 6) is -0.691. The van der Waals surface area contributed by atoms with E-state index in [4.69, 9.17) is 4.42 Å². The molecule has 1 aliphatic heterocycles. The number of allylic oxidation sites excluding steroid dienone is 2. The maximum absolute atomic E-state index is 11.7. The van der Waals surface area contributed by atoms with Crippen LogP contribution in [-0.4, -0.2) is 16.2 Å². The molecule has 0 fully saturated rings. The van der Waals surface area contributed by atoms with E-state index in [2.05, 4.69) is 13.2 Å². The van der Waals surface area contributed by atoms with Crippen LogP contribution in [0.2, 0.25) is 0 Å². The highest BCUT2D eigenvalue weighted by atomic mass is 16.4. The number of hydrogen-bond acceptors (Lipinski definition) is 4. The number of benzene rings is 3. The maximum Gasteiger partial charge on any atom is 0.336 e. The van der Waals surface area contributed by atoms with Crippen molar-refractivity contribution in [3.63, 3.8) is 0 Å². The van der Waals surface area contributed by atoms with Gasteiger partial charge in [-0.3, -0.25) is 4.79 Å². The quantitative estimate of drug-likeness (QED) is 0.367. The van der Waals surface area contributed by atoms with Crippen molar-refractivity contribution in [2.75, 3.05) is 0 Å². The third-order valence-electron chi connectivity index (χ3n) is 4.27. The zero-order chi connectivity index (χ0) is 21.0. The van der Waals surface area contributed by atoms with Gasteiger partial charge < -0.3 is 14.6 Å². The Morgan fingerprint density at radius 1 is 0.931 bits per heavy atom. The monoisotopic (exact) mass is 386 g/mol. The second-order valence-electron chi connectivity index (χ2n) is 6.14. The summed E-state index contributed by atoms with van der Waals surface area (Å²) in [6.45, 7) is 6.72. The molecule has 0 bridgehead atoms. The molecule has 0 spiro atoms. The van der Waals surface area contributed by atoms with Gasteiger partial charge in [-0.25, -0.2) is 4.79 Å². The molecule has 2 aromatic rings. The minimum absolute atomic E-state index is 0.0198. The van der Waals surface area contributed by atoms with Crippen LogP contribution in [0.1, 0.15) is 10.4 Å². The van der Waals surface area contributed by atoms with Gasteiger partial charge in [-0.05, 0) is 35.9 Å². The lowest BCUT2D eigenvalue weighted by atomic mass is 9.91. The summed E-state index contributed by atoms with van der Waals surface area (Å²) < 4.78 is 5.76. The van der Waals surface area contributed by atoms with Gasteiger partial charge in [0.05, 0.1) is 5.56 Å². The number of carboxylic acids is 1. The van der Waals surface area contributed by atoms with E-state index in [1.54, 1.807) is 42.5 Å². The van der Waals surface area contributed by atoms with Crippen LogP contribution in [0.5, 0.6) is 5.75 Å². The minimum atomic E-state index is -1.04. The van der Waals surface area contributed by atoms with Crippen molar-refractivity contribution in [3.05, 3.63) is 102 Å². The van der Waals surface area contributed by atoms with Crippen molar-refractivity contribution in [2.45, 2.75) is 0 Å². The molecule has 1 aliphatic carbocycles. The van der Waals surface area contributed by atoms with Crippen LogP contribution in [0, 0.1) is 0 Å². The van der Waals surface area contributed by atoms with Crippen molar-refractivity contribution < 1.29 is 19.4 Å². The highest BCUT2D eigenvalue weighted by Gasteiger charge is 2.21. The second-order valence-corrected chi connectivity index (χ2v) is 6.14. The SMILES string of the molecule is C=CC=C.O=C(O)c1ccccc1-c1c2ccc(=O)cc-2oc2cc(O)ccc12. The van der Waals surface area contributed by atoms with E-state index >= 15 is 0 Å². The van der Waals surface area contributed by atoms with Gasteiger partial charge in [0.1, 0.15) is 17.1 Å². The van der Waals surface area contributed by atoms with E-state index in [-0.39, 0.29) is 16.7 Å². The van der Waals surface area contributed by atoms with Crippen LogP contribution >= 0.6 is 0 Å². The zero-order valence-corrected chi connectivity index (χ0v) is 15.5. The Bertz CT molecular complexity index is 1240. The van der Waals surface area contributed by atoms with Crippen LogP contribution in [0.3, 0.4) is 0 Å². The molecule has 4 rings (SSSR count). The minimum Gasteiger partial charge on any atom is -0.508 e. The number of fused-ring (bicyclic) bond motifs is 2. The summed E-state index contributed by atoms with van der Waals surface area (Å²) in [4.78, 5) is 23.4. The zero-order valence-electron chi connectivity index (χ0n) is 15.5. The third kappa shape index (κ3) is 3.94. The average molecular weight is 386 g/mol. The lowest BCUT2D eigenvalue weighted by molar-refractivity contribution is 0.0697. The number of phenols is 1. The molecule has 2 aromatic carbocycles. The summed E-state index contributed by atoms with van der Waals surface area (Å²) in [6, 6.07) is 15.7. The number of phenolic OH excluding ortho intramolecular Hbond substituents is 1. The summed E-state index contributed by atoms with van der Waals surface area (Å²) in [5.41, 5.74) is 2.10. The van der Waals surface area contributed by atoms with Crippen molar-refractivity contribution in [1.29, 1.82) is 0 Å². The highest BCUT2D eigenvalue weighted by Crippen LogP contribution is 2.41. The van der Waals surface area contributed by atoms with E-state index in [0.717, 1.165) is 0 Å². The first-order valence-corrected chi connectivity index (χ1v) is 8.72. The molecule has 0 saturated heterocycles. The molecule has 0 radical (unpaired) electrons. The van der Waals surface area contributed by atoms with E-state index in [1.807, 2.05) is 0 Å². The molecular weight excluding hydrogens is 368 g/mol. The first-order valence-electron chi connectivity index (χ1n) is 8.72. The Balaban J connectivity index is 0.000000552. The normalized spacial score (nSPS) is 10.2. The highest BCUT2D eigenvalue weighted by molar-refractivity contribution is 6.07. The molecule has 0 atom stereocenters. The van der Waals surface area contributed by atoms with Crippen LogP contribution in [0.4, 0.5) is 0 Å². The molecule has 2 aliphatic rings. The van der Waals surface area contributed by atoms with Crippen LogP contribution in [0.15, 0.2) is 95.2 Å². The molecule has 1 heterocycles. The molecule has 29 heavy (non-hydrogen) atoms. The van der Waals surface area contributed by atoms with Gasteiger partial charge in [0.2, 0.25) is 0 Å². The first-order chi connectivity index (χ1) is 14.0. The summed E-state index contributed by atoms with van der Waals surface area (Å²) in [7, 11) is 0. The number of carboxylic acid groups (broad SMARTS) is 1. The van der Waals surface area contributed by atoms with Gasteiger partial charge in [-0.15, -0.1) is 0 Å². The van der Waals surface area contributed by atoms with Crippen molar-refractivity contribution in [2.24, 2.45) is 0 Å². The largest absolute Gasteiger partial charge is 0.508 e. The molecule has 0 aromatic heterocycles. The van der Waals surface area contributed by atoms with Crippen molar-refractivity contribution >= 4 is 16.9 Å². The Kier molecular flexibility index (Phi) is 5.60. The predicted molar refractivity (Wildman–Crippen MR) is 114 cm³/mol. The smallest absolute Gasteiger partial charge is 0.336 e. The molecule has 2 N–H and O–H groups in total. The fraction of sp³-hybridized carbons (Fsp3) is 0. The van der Waals surface area contributed by atoms with Crippen LogP contribution in [-0.2, 0) is 0 Å². The Morgan fingerprint density at radius 2 is 1.66 bits per heavy atom. The molecule has 0 saturated carbocycles. The maximum atomic E-state index is 11.7. The van der Waals surface area contributed by atoms with Crippen molar-refractivity contribution in [3.8, 4) is 28.2 Å². The van der Waals surface area contributed by atoms with E-state index in [0.29, 0.717) is 33.4 Å². The fourth-order valence-corrected chi connectivity index (χ4v) is 3.04. The molecule has 5 nitrogen and oxygen atoms in total. The number of aromatic hydroxyl groups is 1. The summed E-state index contributed by atoms with van der Waals surface area (Å²) >= 11 is 0.